The molecule has 33 heavy (non-hydrogen) atoms. The maximum atomic E-state index is 13.3. The fraction of sp³-hybridized carbons (Fsp3) is 0.421. The summed E-state index contributed by atoms with van der Waals surface area (Å²) in [5, 5.41) is 32.8. The van der Waals surface area contributed by atoms with E-state index in [2.05, 4.69) is 5.09 Å². The smallest absolute Gasteiger partial charge is 0.459 e. The summed E-state index contributed by atoms with van der Waals surface area (Å²) in [6.07, 6.45) is -3.99. The summed E-state index contributed by atoms with van der Waals surface area (Å²) in [6, 6.07) is 7.21. The van der Waals surface area contributed by atoms with Crippen molar-refractivity contribution in [3.63, 3.8) is 0 Å². The van der Waals surface area contributed by atoms with E-state index in [9.17, 15) is 34.3 Å². The first-order chi connectivity index (χ1) is 15.8. The first-order valence-electron chi connectivity index (χ1n) is 10.2. The van der Waals surface area contributed by atoms with Gasteiger partial charge in [-0.25, -0.2) is 9.36 Å². The highest BCUT2D eigenvalue weighted by Gasteiger charge is 2.54. The summed E-state index contributed by atoms with van der Waals surface area (Å²) >= 11 is 0. The van der Waals surface area contributed by atoms with Crippen LogP contribution in [-0.2, 0) is 18.6 Å². The van der Waals surface area contributed by atoms with E-state index in [4.69, 9.17) is 15.2 Å². The van der Waals surface area contributed by atoms with Gasteiger partial charge >= 0.3 is 19.4 Å². The number of H-pyrrole nitrogens is 1. The van der Waals surface area contributed by atoms with Crippen molar-refractivity contribution in [2.45, 2.75) is 43.9 Å². The summed E-state index contributed by atoms with van der Waals surface area (Å²) in [7, 11) is -4.54. The molecule has 5 N–H and O–H groups in total. The number of aliphatic hydroxyl groups is 2. The minimum Gasteiger partial charge on any atom is -0.480 e. The number of hydrogen-bond acceptors (Lipinski definition) is 9. The van der Waals surface area contributed by atoms with Crippen molar-refractivity contribution in [2.75, 3.05) is 6.58 Å². The topological polar surface area (TPSA) is 189 Å². The fourth-order valence-corrected chi connectivity index (χ4v) is 4.46. The minimum atomic E-state index is -4.54. The molecule has 2 unspecified atom stereocenters. The van der Waals surface area contributed by atoms with Gasteiger partial charge in [0.2, 0.25) is 0 Å². The molecule has 0 aliphatic carbocycles. The molecule has 1 aromatic carbocycles. The molecular formula is C19H24N3O10P. The van der Waals surface area contributed by atoms with Crippen LogP contribution in [0.25, 0.3) is 0 Å². The summed E-state index contributed by atoms with van der Waals surface area (Å²) < 4.78 is 38.5. The zero-order chi connectivity index (χ0) is 25.3. The zero-order valence-electron chi connectivity index (χ0n) is 18.5. The highest BCUT2D eigenvalue weighted by molar-refractivity contribution is 7.52. The molecule has 2 aromatic rings. The second kappa shape index (κ2) is 9.59. The van der Waals surface area contributed by atoms with Crippen molar-refractivity contribution < 1.29 is 39.8 Å². The first kappa shape index (κ1) is 23.4. The quantitative estimate of drug-likeness (QED) is 0.295. The highest BCUT2D eigenvalue weighted by Crippen LogP contribution is 2.46. The van der Waals surface area contributed by atoms with Crippen molar-refractivity contribution in [3.8, 4) is 5.75 Å². The Labute approximate surface area is 188 Å². The van der Waals surface area contributed by atoms with Crippen LogP contribution < -0.4 is 20.9 Å². The zero-order valence-corrected chi connectivity index (χ0v) is 18.4. The van der Waals surface area contributed by atoms with Crippen LogP contribution in [0.2, 0.25) is 0 Å². The number of hydrogen-bond donors (Lipinski definition) is 5. The molecule has 2 heterocycles. The van der Waals surface area contributed by atoms with Crippen molar-refractivity contribution >= 4 is 13.7 Å². The number of ether oxygens (including phenoxy) is 1. The number of carboxylic acids is 1. The van der Waals surface area contributed by atoms with Crippen molar-refractivity contribution in [1.82, 2.24) is 14.6 Å². The van der Waals surface area contributed by atoms with Crippen molar-refractivity contribution in [3.05, 3.63) is 63.4 Å². The predicted octanol–water partition coefficient (Wildman–Crippen LogP) is -0.188. The highest BCUT2D eigenvalue weighted by atomic mass is 31.2. The Morgan fingerprint density at radius 1 is 1.39 bits per heavy atom. The van der Waals surface area contributed by atoms with Crippen LogP contribution in [0.4, 0.5) is 0 Å². The van der Waals surface area contributed by atoms with Gasteiger partial charge in [0.15, 0.2) is 6.23 Å². The number of aromatic nitrogens is 2. The van der Waals surface area contributed by atoms with E-state index < -0.39 is 61.6 Å². The van der Waals surface area contributed by atoms with Gasteiger partial charge in [-0.3, -0.25) is 23.7 Å². The first-order valence-corrected chi connectivity index (χ1v) is 11.2. The lowest BCUT2D eigenvalue weighted by Gasteiger charge is -2.27. The largest absolute Gasteiger partial charge is 0.480 e. The number of para-hydroxylation sites is 1. The third kappa shape index (κ3) is 5.58. The lowest BCUT2D eigenvalue weighted by molar-refractivity contribution is -0.138. The van der Waals surface area contributed by atoms with Gasteiger partial charge in [-0.05, 0) is 26.0 Å². The number of nitrogens with zero attached hydrogens (tertiary/aromatic N) is 1. The molecule has 0 amide bonds. The van der Waals surface area contributed by atoms with Gasteiger partial charge in [0.25, 0.3) is 5.56 Å². The van der Waals surface area contributed by atoms with E-state index >= 15 is 0 Å². The lowest BCUT2D eigenvalue weighted by Crippen LogP contribution is -2.47. The van der Waals surface area contributed by atoms with Gasteiger partial charge in [0.1, 0.15) is 29.6 Å². The number of carboxylic acid groups (broad SMARTS) is 1. The molecule has 0 bridgehead atoms. The Balaban J connectivity index is 1.87. The van der Waals surface area contributed by atoms with Gasteiger partial charge in [0.05, 0.1) is 7.95 Å². The summed E-state index contributed by atoms with van der Waals surface area (Å²) in [5.41, 5.74) is -3.78. The SMILES string of the molecule is [2H][C@H](OP(=O)(NC(C)C(=O)O)Oc1ccccc1)[C@H]1O[C@@H](n2ccc(=O)[nH]c2=O)[C@](C)(O)[C@@H]1O. The number of aromatic amines is 1. The maximum Gasteiger partial charge on any atom is 0.459 e. The summed E-state index contributed by atoms with van der Waals surface area (Å²) in [6.45, 7) is 0.334. The third-order valence-corrected chi connectivity index (χ3v) is 6.38. The Bertz CT molecular complexity index is 1190. The van der Waals surface area contributed by atoms with Gasteiger partial charge in [-0.15, -0.1) is 0 Å². The molecule has 7 atom stereocenters. The van der Waals surface area contributed by atoms with E-state index in [0.29, 0.717) is 0 Å². The Hall–Kier alpha value is -2.80. The predicted molar refractivity (Wildman–Crippen MR) is 113 cm³/mol. The molecule has 3 rings (SSSR count). The molecule has 1 aromatic heterocycles. The van der Waals surface area contributed by atoms with E-state index in [1.807, 2.05) is 4.98 Å². The number of benzene rings is 1. The molecule has 1 aliphatic rings. The fourth-order valence-electron chi connectivity index (χ4n) is 3.04. The molecule has 14 heteroatoms. The minimum absolute atomic E-state index is 0.0423. The Morgan fingerprint density at radius 3 is 2.67 bits per heavy atom. The van der Waals surface area contributed by atoms with Crippen LogP contribution >= 0.6 is 7.75 Å². The molecule has 0 radical (unpaired) electrons. The molecule has 1 saturated heterocycles. The Morgan fingerprint density at radius 2 is 2.06 bits per heavy atom. The van der Waals surface area contributed by atoms with E-state index in [1.165, 1.54) is 19.1 Å². The Kier molecular flexibility index (Phi) is 6.79. The normalized spacial score (nSPS) is 29.0. The number of carbonyl (C=O) groups is 1. The molecule has 0 saturated carbocycles. The molecular weight excluding hydrogens is 461 g/mol. The van der Waals surface area contributed by atoms with Gasteiger partial charge in [-0.1, -0.05) is 18.2 Å². The van der Waals surface area contributed by atoms with Crippen LogP contribution in [-0.4, -0.2) is 61.3 Å². The van der Waals surface area contributed by atoms with E-state index in [0.717, 1.165) is 23.8 Å². The monoisotopic (exact) mass is 486 g/mol. The van der Waals surface area contributed by atoms with Crippen molar-refractivity contribution in [2.24, 2.45) is 0 Å². The summed E-state index contributed by atoms with van der Waals surface area (Å²) in [5.74, 6) is -1.33. The molecule has 0 spiro atoms. The van der Waals surface area contributed by atoms with Crippen LogP contribution in [0, 0.1) is 0 Å². The van der Waals surface area contributed by atoms with E-state index in [1.54, 1.807) is 18.2 Å². The number of aliphatic hydroxyl groups excluding tert-OH is 1. The summed E-state index contributed by atoms with van der Waals surface area (Å²) in [4.78, 5) is 36.7. The van der Waals surface area contributed by atoms with Crippen LogP contribution in [0.15, 0.2) is 52.2 Å². The molecule has 13 nitrogen and oxygen atoms in total. The number of rotatable bonds is 9. The maximum absolute atomic E-state index is 13.3. The van der Waals surface area contributed by atoms with Gasteiger partial charge in [0, 0.05) is 12.3 Å². The standard InChI is InChI=1S/C19H24N3O10P/c1-11(16(25)26)21-33(29,32-12-6-4-3-5-7-12)30-10-13-15(24)19(2,28)17(31-13)22-9-8-14(23)20-18(22)27/h3-9,11,13,15,17,24,28H,10H2,1-2H3,(H,21,29)(H,25,26)(H,20,23,27)/t11?,13-,15-,17-,19-,33?/m1/s1/i10D/t10-,11?,13+,15+,17+,19+,33?/m0. The average Bonchev–Trinajstić information content (AvgIpc) is 2.98. The van der Waals surface area contributed by atoms with Gasteiger partial charge < -0.3 is 24.6 Å². The third-order valence-electron chi connectivity index (χ3n) is 4.82. The number of nitrogens with one attached hydrogen (secondary N) is 2. The van der Waals surface area contributed by atoms with Crippen molar-refractivity contribution in [1.29, 1.82) is 0 Å². The number of aliphatic carboxylic acids is 1. The average molecular weight is 486 g/mol. The molecule has 1 fully saturated rings. The second-order valence-corrected chi connectivity index (χ2v) is 9.12. The van der Waals surface area contributed by atoms with Crippen LogP contribution in [0.1, 0.15) is 21.4 Å². The molecule has 1 aliphatic heterocycles. The van der Waals surface area contributed by atoms with Crippen LogP contribution in [0.3, 0.4) is 0 Å². The lowest BCUT2D eigenvalue weighted by atomic mass is 9.96. The second-order valence-electron chi connectivity index (χ2n) is 7.47. The van der Waals surface area contributed by atoms with Crippen LogP contribution in [0.5, 0.6) is 5.75 Å². The molecule has 180 valence electrons. The van der Waals surface area contributed by atoms with E-state index in [-0.39, 0.29) is 5.75 Å². The van der Waals surface area contributed by atoms with Gasteiger partial charge in [-0.2, -0.15) is 5.09 Å².